The first-order valence-corrected chi connectivity index (χ1v) is 12.2. The van der Waals surface area contributed by atoms with Crippen LogP contribution in [0.1, 0.15) is 29.3 Å². The number of anilines is 2. The second-order valence-corrected chi connectivity index (χ2v) is 9.78. The molecule has 170 valence electrons. The predicted octanol–water partition coefficient (Wildman–Crippen LogP) is 2.65. The number of nitrogens with two attached hydrogens (primary N) is 1. The summed E-state index contributed by atoms with van der Waals surface area (Å²) < 4.78 is 22.3. The van der Waals surface area contributed by atoms with Crippen LogP contribution in [0.25, 0.3) is 0 Å². The Balaban J connectivity index is 1.86. The quantitative estimate of drug-likeness (QED) is 0.348. The Morgan fingerprint density at radius 3 is 2.58 bits per heavy atom. The van der Waals surface area contributed by atoms with Crippen LogP contribution in [0, 0.1) is 0 Å². The average Bonchev–Trinajstić information content (AvgIpc) is 3.12. The molecule has 2 aromatic carbocycles. The van der Waals surface area contributed by atoms with Gasteiger partial charge in [0.25, 0.3) is 5.91 Å². The van der Waals surface area contributed by atoms with Gasteiger partial charge in [-0.15, -0.1) is 10.8 Å². The van der Waals surface area contributed by atoms with Crippen molar-refractivity contribution >= 4 is 28.1 Å². The number of benzene rings is 2. The summed E-state index contributed by atoms with van der Waals surface area (Å²) in [5.41, 5.74) is 8.32. The fraction of sp³-hybridized carbons (Fsp3) is 0.409. The molecule has 2 atom stereocenters. The molecule has 3 rings (SSSR count). The Hall–Kier alpha value is -2.30. The topological polar surface area (TPSA) is 131 Å². The van der Waals surface area contributed by atoms with E-state index in [1.807, 2.05) is 43.3 Å². The Morgan fingerprint density at radius 2 is 1.97 bits per heavy atom. The highest BCUT2D eigenvalue weighted by Crippen LogP contribution is 2.51. The van der Waals surface area contributed by atoms with E-state index in [1.165, 1.54) is 0 Å². The van der Waals surface area contributed by atoms with E-state index >= 15 is 0 Å². The molecule has 1 aliphatic heterocycles. The van der Waals surface area contributed by atoms with Gasteiger partial charge >= 0.3 is 0 Å². The number of nitrogens with one attached hydrogen (secondary N) is 2. The van der Waals surface area contributed by atoms with E-state index in [0.717, 1.165) is 5.56 Å². The number of aliphatic hydroxyl groups is 1. The summed E-state index contributed by atoms with van der Waals surface area (Å²) in [6, 6.07) is 14.2. The Bertz CT molecular complexity index is 881. The molecule has 0 saturated carbocycles. The number of rotatable bonds is 9. The predicted molar refractivity (Wildman–Crippen MR) is 127 cm³/mol. The first-order chi connectivity index (χ1) is 14.8. The van der Waals surface area contributed by atoms with Crippen molar-refractivity contribution in [2.24, 2.45) is 5.73 Å². The van der Waals surface area contributed by atoms with Crippen LogP contribution >= 0.6 is 10.8 Å². The lowest BCUT2D eigenvalue weighted by molar-refractivity contribution is 0.0846. The molecule has 0 radical (unpaired) electrons. The van der Waals surface area contributed by atoms with Gasteiger partial charge in [0.05, 0.1) is 23.6 Å². The van der Waals surface area contributed by atoms with E-state index in [-0.39, 0.29) is 12.5 Å². The van der Waals surface area contributed by atoms with E-state index in [9.17, 15) is 19.0 Å². The van der Waals surface area contributed by atoms with E-state index < -0.39 is 22.9 Å². The first kappa shape index (κ1) is 23.4. The van der Waals surface area contributed by atoms with Gasteiger partial charge in [-0.2, -0.15) is 0 Å². The molecular formula is C22H32N4O4S. The van der Waals surface area contributed by atoms with Gasteiger partial charge in [0.15, 0.2) is 0 Å². The molecule has 2 aromatic rings. The molecule has 1 fully saturated rings. The van der Waals surface area contributed by atoms with Crippen molar-refractivity contribution in [2.45, 2.75) is 31.9 Å². The van der Waals surface area contributed by atoms with Gasteiger partial charge in [-0.1, -0.05) is 30.3 Å². The SMILES string of the molecule is CCNc1cc(C(=O)N[C@@H](Cc2ccccc2)[C@@H](O)CN)cc(N2CCCS2(O)O)c1. The van der Waals surface area contributed by atoms with Crippen molar-refractivity contribution < 1.29 is 19.0 Å². The van der Waals surface area contributed by atoms with Crippen molar-refractivity contribution in [3.63, 3.8) is 0 Å². The van der Waals surface area contributed by atoms with Gasteiger partial charge in [-0.05, 0) is 43.5 Å². The van der Waals surface area contributed by atoms with Crippen LogP contribution in [0.3, 0.4) is 0 Å². The third kappa shape index (κ3) is 5.90. The maximum atomic E-state index is 13.1. The number of carbonyl (C=O) groups is 1. The molecule has 9 heteroatoms. The molecule has 1 amide bonds. The number of aliphatic hydroxyl groups excluding tert-OH is 1. The molecule has 0 spiro atoms. The lowest BCUT2D eigenvalue weighted by Gasteiger charge is -2.38. The molecular weight excluding hydrogens is 416 g/mol. The molecule has 1 saturated heterocycles. The first-order valence-electron chi connectivity index (χ1n) is 10.5. The molecule has 0 unspecified atom stereocenters. The highest BCUT2D eigenvalue weighted by molar-refractivity contribution is 8.25. The molecule has 8 nitrogen and oxygen atoms in total. The van der Waals surface area contributed by atoms with Gasteiger partial charge in [0.1, 0.15) is 0 Å². The van der Waals surface area contributed by atoms with Crippen molar-refractivity contribution in [1.82, 2.24) is 5.32 Å². The Morgan fingerprint density at radius 1 is 1.23 bits per heavy atom. The average molecular weight is 449 g/mol. The summed E-state index contributed by atoms with van der Waals surface area (Å²) in [7, 11) is -2.88. The van der Waals surface area contributed by atoms with Crippen LogP contribution in [0.15, 0.2) is 48.5 Å². The zero-order chi connectivity index (χ0) is 22.4. The van der Waals surface area contributed by atoms with Crippen molar-refractivity contribution in [1.29, 1.82) is 0 Å². The van der Waals surface area contributed by atoms with Crippen LogP contribution in [0.4, 0.5) is 11.4 Å². The zero-order valence-electron chi connectivity index (χ0n) is 17.7. The second-order valence-electron chi connectivity index (χ2n) is 7.66. The standard InChI is InChI=1S/C22H32N4O4S/c1-2-24-18-12-17(13-19(14-18)26-9-6-10-31(26,29)30)22(28)25-20(21(27)15-23)11-16-7-4-3-5-8-16/h3-5,7-8,12-14,20-21,24,27,29-30H,2,6,9-11,15,23H2,1H3,(H,25,28)/t20-,21-/m0/s1. The fourth-order valence-corrected chi connectivity index (χ4v) is 5.32. The van der Waals surface area contributed by atoms with E-state index in [0.29, 0.717) is 48.6 Å². The van der Waals surface area contributed by atoms with Crippen molar-refractivity contribution in [2.75, 3.05) is 35.0 Å². The van der Waals surface area contributed by atoms with Gasteiger partial charge in [0.2, 0.25) is 0 Å². The van der Waals surface area contributed by atoms with E-state index in [1.54, 1.807) is 16.4 Å². The summed E-state index contributed by atoms with van der Waals surface area (Å²) in [6.45, 7) is 3.14. The minimum atomic E-state index is -2.88. The van der Waals surface area contributed by atoms with Crippen LogP contribution in [-0.4, -0.2) is 57.7 Å². The summed E-state index contributed by atoms with van der Waals surface area (Å²) >= 11 is 0. The fourth-order valence-electron chi connectivity index (χ4n) is 3.72. The summed E-state index contributed by atoms with van der Waals surface area (Å²) in [6.07, 6.45) is 0.222. The molecule has 31 heavy (non-hydrogen) atoms. The van der Waals surface area contributed by atoms with Crippen LogP contribution in [0.2, 0.25) is 0 Å². The third-order valence-corrected chi connectivity index (χ3v) is 7.24. The van der Waals surface area contributed by atoms with Gasteiger partial charge in [-0.3, -0.25) is 18.2 Å². The van der Waals surface area contributed by atoms with Crippen molar-refractivity contribution in [3.05, 3.63) is 59.7 Å². The molecule has 1 heterocycles. The number of carbonyl (C=O) groups excluding carboxylic acids is 1. The lowest BCUT2D eigenvalue weighted by atomic mass is 10.0. The minimum absolute atomic E-state index is 0.0230. The summed E-state index contributed by atoms with van der Waals surface area (Å²) in [5.74, 6) is -0.0351. The third-order valence-electron chi connectivity index (χ3n) is 5.30. The van der Waals surface area contributed by atoms with Crippen LogP contribution in [-0.2, 0) is 6.42 Å². The van der Waals surface area contributed by atoms with Gasteiger partial charge < -0.3 is 21.5 Å². The summed E-state index contributed by atoms with van der Waals surface area (Å²) in [4.78, 5) is 13.1. The monoisotopic (exact) mass is 448 g/mol. The molecule has 0 aliphatic carbocycles. The Kier molecular flexibility index (Phi) is 7.79. The molecule has 0 aromatic heterocycles. The highest BCUT2D eigenvalue weighted by atomic mass is 32.3. The highest BCUT2D eigenvalue weighted by Gasteiger charge is 2.30. The van der Waals surface area contributed by atoms with Crippen LogP contribution < -0.4 is 20.7 Å². The van der Waals surface area contributed by atoms with Gasteiger partial charge in [0, 0.05) is 30.9 Å². The largest absolute Gasteiger partial charge is 0.390 e. The maximum absolute atomic E-state index is 13.1. The number of nitrogens with zero attached hydrogens (tertiary/aromatic N) is 1. The zero-order valence-corrected chi connectivity index (χ0v) is 18.5. The van der Waals surface area contributed by atoms with Crippen LogP contribution in [0.5, 0.6) is 0 Å². The molecule has 1 aliphatic rings. The second kappa shape index (κ2) is 10.3. The summed E-state index contributed by atoms with van der Waals surface area (Å²) in [5, 5.41) is 16.5. The number of hydrogen-bond acceptors (Lipinski definition) is 7. The van der Waals surface area contributed by atoms with Crippen molar-refractivity contribution in [3.8, 4) is 0 Å². The minimum Gasteiger partial charge on any atom is -0.390 e. The lowest BCUT2D eigenvalue weighted by Crippen LogP contribution is -2.47. The number of amides is 1. The maximum Gasteiger partial charge on any atom is 0.251 e. The smallest absolute Gasteiger partial charge is 0.251 e. The molecule has 0 bridgehead atoms. The number of hydrogen-bond donors (Lipinski definition) is 6. The molecule has 7 N–H and O–H groups in total. The van der Waals surface area contributed by atoms with E-state index in [4.69, 9.17) is 5.73 Å². The normalized spacial score (nSPS) is 18.3. The Labute approximate surface area is 184 Å². The van der Waals surface area contributed by atoms with E-state index in [2.05, 4.69) is 10.6 Å². The van der Waals surface area contributed by atoms with Gasteiger partial charge in [-0.25, -0.2) is 0 Å².